The third-order valence-electron chi connectivity index (χ3n) is 6.15. The summed E-state index contributed by atoms with van der Waals surface area (Å²) in [6, 6.07) is 20.2. The highest BCUT2D eigenvalue weighted by Crippen LogP contribution is 2.29. The van der Waals surface area contributed by atoms with Gasteiger partial charge in [0.15, 0.2) is 5.78 Å². The maximum absolute atomic E-state index is 13.4. The molecule has 0 bridgehead atoms. The van der Waals surface area contributed by atoms with Crippen LogP contribution in [0.2, 0.25) is 0 Å². The number of nitrogens with zero attached hydrogens (tertiary/aromatic N) is 1. The van der Waals surface area contributed by atoms with Crippen LogP contribution in [0.5, 0.6) is 11.5 Å². The number of likely N-dealkylation sites (N-methyl/N-ethyl adjacent to an activating group) is 1. The second kappa shape index (κ2) is 14.4. The van der Waals surface area contributed by atoms with Gasteiger partial charge >= 0.3 is 0 Å². The van der Waals surface area contributed by atoms with Gasteiger partial charge in [0.1, 0.15) is 18.1 Å². The van der Waals surface area contributed by atoms with Crippen molar-refractivity contribution in [3.05, 3.63) is 89.0 Å². The first-order valence-corrected chi connectivity index (χ1v) is 13.3. The molecule has 3 aromatic carbocycles. The van der Waals surface area contributed by atoms with Gasteiger partial charge in [-0.3, -0.25) is 4.79 Å². The molecule has 0 heterocycles. The Hall–Kier alpha value is -3.37. The number of aryl methyl sites for hydroxylation is 2. The smallest absolute Gasteiger partial charge is 0.189 e. The molecule has 37 heavy (non-hydrogen) atoms. The second-order valence-electron chi connectivity index (χ2n) is 9.92. The summed E-state index contributed by atoms with van der Waals surface area (Å²) in [5.74, 6) is 1.35. The van der Waals surface area contributed by atoms with E-state index in [0.717, 1.165) is 35.4 Å². The highest BCUT2D eigenvalue weighted by molar-refractivity contribution is 6.09. The average Bonchev–Trinajstić information content (AvgIpc) is 2.87. The van der Waals surface area contributed by atoms with E-state index >= 15 is 0 Å². The number of hydrogen-bond donors (Lipinski definition) is 0. The Bertz CT molecular complexity index is 1180. The van der Waals surface area contributed by atoms with Gasteiger partial charge in [-0.1, -0.05) is 79.8 Å². The summed E-state index contributed by atoms with van der Waals surface area (Å²) in [4.78, 5) is 15.5. The first-order chi connectivity index (χ1) is 17.9. The molecule has 0 saturated heterocycles. The first-order valence-electron chi connectivity index (χ1n) is 13.3. The fourth-order valence-electron chi connectivity index (χ4n) is 4.20. The molecule has 4 nitrogen and oxygen atoms in total. The van der Waals surface area contributed by atoms with Crippen molar-refractivity contribution in [2.45, 2.75) is 46.5 Å². The molecule has 3 aromatic rings. The van der Waals surface area contributed by atoms with E-state index in [9.17, 15) is 4.79 Å². The quantitative estimate of drug-likeness (QED) is 0.129. The standard InChI is InChI=1S/C33H41NO3/c1-6-7-8-9-18-36-30-12-10-11-27(23-30)13-15-32(35)31-24-28(29-21-25(2)20-26(3)22-29)14-16-33(31)37-19-17-34(4)5/h10-16,20-24H,6-9,17-19H2,1-5H3/b15-13+. The molecule has 4 heteroatoms. The summed E-state index contributed by atoms with van der Waals surface area (Å²) >= 11 is 0. The van der Waals surface area contributed by atoms with Gasteiger partial charge in [0.2, 0.25) is 0 Å². The minimum absolute atomic E-state index is 0.0861. The zero-order valence-corrected chi connectivity index (χ0v) is 23.0. The van der Waals surface area contributed by atoms with Gasteiger partial charge in [-0.2, -0.15) is 0 Å². The summed E-state index contributed by atoms with van der Waals surface area (Å²) < 4.78 is 11.9. The average molecular weight is 500 g/mol. The van der Waals surface area contributed by atoms with Crippen LogP contribution in [0.4, 0.5) is 0 Å². The van der Waals surface area contributed by atoms with Crippen LogP contribution in [0.15, 0.2) is 66.7 Å². The lowest BCUT2D eigenvalue weighted by Gasteiger charge is -2.15. The minimum atomic E-state index is -0.0861. The topological polar surface area (TPSA) is 38.8 Å². The van der Waals surface area contributed by atoms with Crippen molar-refractivity contribution in [2.75, 3.05) is 33.9 Å². The fourth-order valence-corrected chi connectivity index (χ4v) is 4.20. The number of rotatable bonds is 14. The SMILES string of the molecule is CCCCCCOc1cccc(/C=C/C(=O)c2cc(-c3cc(C)cc(C)c3)ccc2OCCN(C)C)c1. The molecule has 196 valence electrons. The molecule has 0 aromatic heterocycles. The highest BCUT2D eigenvalue weighted by Gasteiger charge is 2.13. The zero-order chi connectivity index (χ0) is 26.6. The van der Waals surface area contributed by atoms with Crippen molar-refractivity contribution in [3.63, 3.8) is 0 Å². The maximum Gasteiger partial charge on any atom is 0.189 e. The number of unbranched alkanes of at least 4 members (excludes halogenated alkanes) is 3. The lowest BCUT2D eigenvalue weighted by molar-refractivity contribution is 0.104. The molecule has 0 unspecified atom stereocenters. The summed E-state index contributed by atoms with van der Waals surface area (Å²) in [5, 5.41) is 0. The Morgan fingerprint density at radius 2 is 1.62 bits per heavy atom. The second-order valence-corrected chi connectivity index (χ2v) is 9.92. The van der Waals surface area contributed by atoms with Crippen LogP contribution in [0.1, 0.15) is 59.7 Å². The molecular weight excluding hydrogens is 458 g/mol. The number of ether oxygens (including phenoxy) is 2. The van der Waals surface area contributed by atoms with Crippen LogP contribution >= 0.6 is 0 Å². The Morgan fingerprint density at radius 3 is 2.35 bits per heavy atom. The molecular formula is C33H41NO3. The predicted molar refractivity (Wildman–Crippen MR) is 155 cm³/mol. The van der Waals surface area contributed by atoms with Crippen molar-refractivity contribution in [1.29, 1.82) is 0 Å². The van der Waals surface area contributed by atoms with Gasteiger partial charge in [0.05, 0.1) is 12.2 Å². The zero-order valence-electron chi connectivity index (χ0n) is 23.0. The van der Waals surface area contributed by atoms with E-state index in [2.05, 4.69) is 43.9 Å². The summed E-state index contributed by atoms with van der Waals surface area (Å²) in [5.41, 5.74) is 5.99. The Morgan fingerprint density at radius 1 is 0.838 bits per heavy atom. The summed E-state index contributed by atoms with van der Waals surface area (Å²) in [6.45, 7) is 8.38. The van der Waals surface area contributed by atoms with Crippen LogP contribution in [0.3, 0.4) is 0 Å². The Kier molecular flexibility index (Phi) is 11.0. The highest BCUT2D eigenvalue weighted by atomic mass is 16.5. The molecule has 0 aliphatic carbocycles. The lowest BCUT2D eigenvalue weighted by atomic mass is 9.97. The summed E-state index contributed by atoms with van der Waals surface area (Å²) in [6.07, 6.45) is 8.16. The van der Waals surface area contributed by atoms with Crippen LogP contribution in [-0.2, 0) is 0 Å². The minimum Gasteiger partial charge on any atom is -0.494 e. The van der Waals surface area contributed by atoms with Crippen LogP contribution in [0.25, 0.3) is 17.2 Å². The first kappa shape index (κ1) is 28.2. The maximum atomic E-state index is 13.4. The van der Waals surface area contributed by atoms with Gasteiger partial charge in [-0.05, 0) is 81.4 Å². The lowest BCUT2D eigenvalue weighted by Crippen LogP contribution is -2.20. The molecule has 0 fully saturated rings. The molecule has 3 rings (SSSR count). The van der Waals surface area contributed by atoms with E-state index < -0.39 is 0 Å². The number of carbonyl (C=O) groups is 1. The largest absolute Gasteiger partial charge is 0.494 e. The molecule has 0 aliphatic rings. The predicted octanol–water partition coefficient (Wildman–Crippen LogP) is 7.77. The van der Waals surface area contributed by atoms with Crippen LogP contribution < -0.4 is 9.47 Å². The van der Waals surface area contributed by atoms with E-state index in [1.54, 1.807) is 6.08 Å². The molecule has 0 aliphatic heterocycles. The van der Waals surface area contributed by atoms with Gasteiger partial charge < -0.3 is 14.4 Å². The monoisotopic (exact) mass is 499 g/mol. The van der Waals surface area contributed by atoms with E-state index in [4.69, 9.17) is 9.47 Å². The number of allylic oxidation sites excluding steroid dienone is 1. The third-order valence-corrected chi connectivity index (χ3v) is 6.15. The van der Waals surface area contributed by atoms with E-state index in [1.807, 2.05) is 62.6 Å². The molecule has 0 spiro atoms. The molecule has 0 radical (unpaired) electrons. The van der Waals surface area contributed by atoms with Gasteiger partial charge in [0.25, 0.3) is 0 Å². The molecule has 0 atom stereocenters. The molecule has 0 N–H and O–H groups in total. The van der Waals surface area contributed by atoms with E-state index in [0.29, 0.717) is 24.5 Å². The Labute approximate surface area is 222 Å². The Balaban J connectivity index is 1.81. The van der Waals surface area contributed by atoms with E-state index in [-0.39, 0.29) is 5.78 Å². The number of ketones is 1. The van der Waals surface area contributed by atoms with Crippen LogP contribution in [-0.4, -0.2) is 44.5 Å². The van der Waals surface area contributed by atoms with Crippen molar-refractivity contribution >= 4 is 11.9 Å². The van der Waals surface area contributed by atoms with Crippen molar-refractivity contribution < 1.29 is 14.3 Å². The molecule has 0 saturated carbocycles. The van der Waals surface area contributed by atoms with E-state index in [1.165, 1.54) is 30.4 Å². The number of hydrogen-bond acceptors (Lipinski definition) is 4. The fraction of sp³-hybridized carbons (Fsp3) is 0.364. The summed E-state index contributed by atoms with van der Waals surface area (Å²) in [7, 11) is 4.01. The van der Waals surface area contributed by atoms with Gasteiger partial charge in [-0.25, -0.2) is 0 Å². The van der Waals surface area contributed by atoms with Crippen molar-refractivity contribution in [2.24, 2.45) is 0 Å². The number of benzene rings is 3. The van der Waals surface area contributed by atoms with Gasteiger partial charge in [0, 0.05) is 6.54 Å². The number of carbonyl (C=O) groups excluding carboxylic acids is 1. The van der Waals surface area contributed by atoms with Crippen LogP contribution in [0, 0.1) is 13.8 Å². The van der Waals surface area contributed by atoms with Gasteiger partial charge in [-0.15, -0.1) is 0 Å². The third kappa shape index (κ3) is 9.22. The van der Waals surface area contributed by atoms with Crippen molar-refractivity contribution in [3.8, 4) is 22.6 Å². The van der Waals surface area contributed by atoms with Crippen molar-refractivity contribution in [1.82, 2.24) is 4.90 Å². The normalized spacial score (nSPS) is 11.3. The molecule has 0 amide bonds.